The fraction of sp³-hybridized carbons (Fsp3) is 0.250. The highest BCUT2D eigenvalue weighted by molar-refractivity contribution is 5.95. The van der Waals surface area contributed by atoms with Crippen LogP contribution in [0.5, 0.6) is 0 Å². The van der Waals surface area contributed by atoms with Gasteiger partial charge in [-0.3, -0.25) is 10.1 Å². The first kappa shape index (κ1) is 32.2. The van der Waals surface area contributed by atoms with E-state index in [0.29, 0.717) is 28.5 Å². The molecule has 2 heterocycles. The monoisotopic (exact) mass is 652 g/mol. The molecular weight excluding hydrogens is 619 g/mol. The standard InChI is InChI=1S/C36H33FN4O7/c1-36(2,3)47-35(45)38-25-13-11-24(12-14-25)33-40-31(41-48-33)26-15-4-20(18-27(26)37)19-28(34(43)44)39-32(42)30-17-16-29(46-30)23-9-7-22(8-10-23)21-5-6-21/h4,7-18,21,28H,5-6,19H2,1-3H3,(H,38,45)(H,39,42)(H,43,44)/t28-/m1/s1. The van der Waals surface area contributed by atoms with Crippen molar-refractivity contribution in [3.05, 3.63) is 102 Å². The van der Waals surface area contributed by atoms with Gasteiger partial charge >= 0.3 is 12.1 Å². The van der Waals surface area contributed by atoms with Gasteiger partial charge in [-0.05, 0) is 99.2 Å². The van der Waals surface area contributed by atoms with Gasteiger partial charge in [0.25, 0.3) is 11.8 Å². The van der Waals surface area contributed by atoms with Crippen molar-refractivity contribution in [2.75, 3.05) is 5.32 Å². The van der Waals surface area contributed by atoms with E-state index in [2.05, 4.69) is 20.8 Å². The van der Waals surface area contributed by atoms with Crippen LogP contribution < -0.4 is 10.6 Å². The molecule has 5 aromatic rings. The van der Waals surface area contributed by atoms with Crippen LogP contribution >= 0.6 is 0 Å². The largest absolute Gasteiger partial charge is 0.480 e. The molecule has 2 amide bonds. The number of halogens is 1. The fourth-order valence-electron chi connectivity index (χ4n) is 5.05. The summed E-state index contributed by atoms with van der Waals surface area (Å²) in [6.45, 7) is 5.29. The number of benzene rings is 3. The summed E-state index contributed by atoms with van der Waals surface area (Å²) < 4.78 is 31.5. The molecule has 0 aliphatic heterocycles. The zero-order valence-electron chi connectivity index (χ0n) is 26.5. The molecule has 11 nitrogen and oxygen atoms in total. The van der Waals surface area contributed by atoms with Crippen LogP contribution in [0.25, 0.3) is 34.2 Å². The third kappa shape index (κ3) is 7.77. The minimum atomic E-state index is -1.35. The summed E-state index contributed by atoms with van der Waals surface area (Å²) in [5.74, 6) is -1.50. The Kier molecular flexibility index (Phi) is 8.81. The Morgan fingerprint density at radius 2 is 1.69 bits per heavy atom. The van der Waals surface area contributed by atoms with Crippen LogP contribution in [0.4, 0.5) is 14.9 Å². The zero-order valence-corrected chi connectivity index (χ0v) is 26.5. The van der Waals surface area contributed by atoms with E-state index < -0.39 is 35.4 Å². The highest BCUT2D eigenvalue weighted by Gasteiger charge is 2.25. The van der Waals surface area contributed by atoms with Crippen LogP contribution in [0.15, 0.2) is 87.8 Å². The molecule has 3 N–H and O–H groups in total. The number of carbonyl (C=O) groups excluding carboxylic acids is 2. The molecule has 6 rings (SSSR count). The second-order valence-corrected chi connectivity index (χ2v) is 12.6. The van der Waals surface area contributed by atoms with Crippen molar-refractivity contribution >= 4 is 23.7 Å². The Morgan fingerprint density at radius 3 is 2.33 bits per heavy atom. The van der Waals surface area contributed by atoms with Crippen molar-refractivity contribution in [2.45, 2.75) is 57.6 Å². The molecule has 246 valence electrons. The van der Waals surface area contributed by atoms with E-state index in [1.54, 1.807) is 51.1 Å². The van der Waals surface area contributed by atoms with E-state index in [1.807, 2.05) is 24.3 Å². The smallest absolute Gasteiger partial charge is 0.412 e. The third-order valence-electron chi connectivity index (χ3n) is 7.59. The molecule has 2 aromatic heterocycles. The van der Waals surface area contributed by atoms with Gasteiger partial charge in [-0.15, -0.1) is 0 Å². The molecular formula is C36H33FN4O7. The van der Waals surface area contributed by atoms with Gasteiger partial charge in [0, 0.05) is 23.2 Å². The quantitative estimate of drug-likeness (QED) is 0.139. The number of hydrogen-bond donors (Lipinski definition) is 3. The van der Waals surface area contributed by atoms with Crippen molar-refractivity contribution in [3.63, 3.8) is 0 Å². The highest BCUT2D eigenvalue weighted by atomic mass is 19.1. The van der Waals surface area contributed by atoms with Gasteiger partial charge in [-0.2, -0.15) is 4.98 Å². The van der Waals surface area contributed by atoms with E-state index >= 15 is 4.39 Å². The van der Waals surface area contributed by atoms with E-state index in [1.165, 1.54) is 42.7 Å². The van der Waals surface area contributed by atoms with Crippen LogP contribution in [0, 0.1) is 5.82 Å². The minimum Gasteiger partial charge on any atom is -0.480 e. The maximum Gasteiger partial charge on any atom is 0.412 e. The van der Waals surface area contributed by atoms with Crippen molar-refractivity contribution in [1.29, 1.82) is 0 Å². The lowest BCUT2D eigenvalue weighted by atomic mass is 10.0. The number of aromatic nitrogens is 2. The van der Waals surface area contributed by atoms with Crippen LogP contribution in [0.2, 0.25) is 0 Å². The van der Waals surface area contributed by atoms with Gasteiger partial charge in [-0.25, -0.2) is 14.0 Å². The number of carboxylic acid groups (broad SMARTS) is 1. The highest BCUT2D eigenvalue weighted by Crippen LogP contribution is 2.40. The van der Waals surface area contributed by atoms with E-state index in [0.717, 1.165) is 5.56 Å². The number of amides is 2. The molecule has 1 saturated carbocycles. The Hall–Kier alpha value is -5.78. The maximum absolute atomic E-state index is 15.2. The fourth-order valence-corrected chi connectivity index (χ4v) is 5.05. The summed E-state index contributed by atoms with van der Waals surface area (Å²) in [6, 6.07) is 20.5. The van der Waals surface area contributed by atoms with Gasteiger partial charge in [-0.1, -0.05) is 35.5 Å². The molecule has 3 aromatic carbocycles. The molecule has 12 heteroatoms. The van der Waals surface area contributed by atoms with Crippen molar-refractivity contribution in [1.82, 2.24) is 15.5 Å². The second kappa shape index (κ2) is 13.1. The third-order valence-corrected chi connectivity index (χ3v) is 7.59. The lowest BCUT2D eigenvalue weighted by Crippen LogP contribution is -2.42. The Labute approximate surface area is 275 Å². The first-order valence-electron chi connectivity index (χ1n) is 15.4. The number of anilines is 1. The van der Waals surface area contributed by atoms with Crippen LogP contribution in [-0.4, -0.2) is 44.9 Å². The molecule has 0 bridgehead atoms. The lowest BCUT2D eigenvalue weighted by Gasteiger charge is -2.19. The van der Waals surface area contributed by atoms with E-state index in [-0.39, 0.29) is 29.5 Å². The molecule has 0 unspecified atom stereocenters. The molecule has 0 saturated heterocycles. The number of nitrogens with one attached hydrogen (secondary N) is 2. The molecule has 1 aliphatic rings. The van der Waals surface area contributed by atoms with Crippen LogP contribution in [0.3, 0.4) is 0 Å². The number of furan rings is 1. The molecule has 48 heavy (non-hydrogen) atoms. The summed E-state index contributed by atoms with van der Waals surface area (Å²) in [5, 5.41) is 18.8. The molecule has 1 fully saturated rings. The Morgan fingerprint density at radius 1 is 0.979 bits per heavy atom. The number of aliphatic carboxylic acids is 1. The van der Waals surface area contributed by atoms with E-state index in [9.17, 15) is 19.5 Å². The summed E-state index contributed by atoms with van der Waals surface area (Å²) in [6.07, 6.45) is 1.61. The van der Waals surface area contributed by atoms with Gasteiger partial charge in [0.1, 0.15) is 23.2 Å². The number of ether oxygens (including phenoxy) is 1. The predicted molar refractivity (Wildman–Crippen MR) is 174 cm³/mol. The number of nitrogens with zero attached hydrogens (tertiary/aromatic N) is 2. The number of carboxylic acids is 1. The van der Waals surface area contributed by atoms with Gasteiger partial charge < -0.3 is 24.1 Å². The van der Waals surface area contributed by atoms with E-state index in [4.69, 9.17) is 13.7 Å². The van der Waals surface area contributed by atoms with Gasteiger partial charge in [0.2, 0.25) is 5.82 Å². The van der Waals surface area contributed by atoms with Crippen molar-refractivity contribution in [3.8, 4) is 34.2 Å². The summed E-state index contributed by atoms with van der Waals surface area (Å²) in [4.78, 5) is 41.2. The maximum atomic E-state index is 15.2. The normalized spacial score (nSPS) is 13.5. The number of hydrogen-bond acceptors (Lipinski definition) is 8. The average Bonchev–Trinajstić information content (AvgIpc) is 3.55. The summed E-state index contributed by atoms with van der Waals surface area (Å²) >= 11 is 0. The molecule has 0 spiro atoms. The number of carbonyl (C=O) groups is 3. The molecule has 0 radical (unpaired) electrons. The summed E-state index contributed by atoms with van der Waals surface area (Å²) in [7, 11) is 0. The van der Waals surface area contributed by atoms with Crippen LogP contribution in [0.1, 0.15) is 61.2 Å². The minimum absolute atomic E-state index is 0.0103. The first-order chi connectivity index (χ1) is 22.9. The second-order valence-electron chi connectivity index (χ2n) is 12.6. The van der Waals surface area contributed by atoms with Crippen molar-refractivity contribution in [2.24, 2.45) is 0 Å². The van der Waals surface area contributed by atoms with Gasteiger partial charge in [0.05, 0.1) is 5.56 Å². The lowest BCUT2D eigenvalue weighted by molar-refractivity contribution is -0.139. The molecule has 1 aliphatic carbocycles. The average molecular weight is 653 g/mol. The Balaban J connectivity index is 1.08. The predicted octanol–water partition coefficient (Wildman–Crippen LogP) is 7.45. The molecule has 1 atom stereocenters. The van der Waals surface area contributed by atoms with Crippen molar-refractivity contribution < 1.29 is 37.6 Å². The first-order valence-corrected chi connectivity index (χ1v) is 15.4. The SMILES string of the molecule is CC(C)(C)OC(=O)Nc1ccc(-c2nc(-c3ccc(C[C@@H](NC(=O)c4ccc(-c5ccc(C6CC6)cc5)o4)C(=O)O)cc3F)no2)cc1. The van der Waals surface area contributed by atoms with Crippen LogP contribution in [-0.2, 0) is 16.0 Å². The summed E-state index contributed by atoms with van der Waals surface area (Å²) in [5.41, 5.74) is 2.85. The number of rotatable bonds is 10. The Bertz CT molecular complexity index is 1960. The zero-order chi connectivity index (χ0) is 34.0. The van der Waals surface area contributed by atoms with Gasteiger partial charge in [0.15, 0.2) is 5.76 Å². The topological polar surface area (TPSA) is 157 Å².